The number of rotatable bonds is 7. The van der Waals surface area contributed by atoms with Crippen LogP contribution in [0.1, 0.15) is 39.3 Å². The quantitative estimate of drug-likeness (QED) is 0.335. The third-order valence-electron chi connectivity index (χ3n) is 5.28. The van der Waals surface area contributed by atoms with Crippen LogP contribution in [0.4, 0.5) is 9.18 Å². The van der Waals surface area contributed by atoms with Gasteiger partial charge in [0.15, 0.2) is 0 Å². The lowest BCUT2D eigenvalue weighted by Crippen LogP contribution is -2.71. The normalized spacial score (nSPS) is 24.7. The van der Waals surface area contributed by atoms with Crippen LogP contribution in [0, 0.1) is 5.82 Å². The summed E-state index contributed by atoms with van der Waals surface area (Å²) in [5.74, 6) is -2.26. The van der Waals surface area contributed by atoms with Crippen molar-refractivity contribution >= 4 is 35.7 Å². The summed E-state index contributed by atoms with van der Waals surface area (Å²) < 4.78 is 27.1. The molecule has 0 aliphatic carbocycles. The minimum Gasteiger partial charge on any atom is -0.435 e. The van der Waals surface area contributed by atoms with Gasteiger partial charge in [0.25, 0.3) is 0 Å². The molecule has 0 saturated carbocycles. The first-order valence-corrected chi connectivity index (χ1v) is 11.2. The Hall–Kier alpha value is -2.86. The Morgan fingerprint density at radius 3 is 2.48 bits per heavy atom. The molecule has 12 heteroatoms. The van der Waals surface area contributed by atoms with Crippen molar-refractivity contribution in [3.05, 3.63) is 35.6 Å². The second-order valence-corrected chi connectivity index (χ2v) is 9.85. The van der Waals surface area contributed by atoms with E-state index in [4.69, 9.17) is 15.2 Å². The SMILES string of the molecule is CCOC(=O)OC(C)OC(=O)[C@@H]1N2C(=O)[C@@H](NC(=O)C(N)c3ccc(F)cc3)[C@H]2SC1(C)C. The fourth-order valence-electron chi connectivity index (χ4n) is 3.73. The second-order valence-electron chi connectivity index (χ2n) is 8.08. The lowest BCUT2D eigenvalue weighted by molar-refractivity contribution is -0.180. The lowest BCUT2D eigenvalue weighted by Gasteiger charge is -2.44. The van der Waals surface area contributed by atoms with Crippen LogP contribution in [-0.2, 0) is 28.6 Å². The van der Waals surface area contributed by atoms with Gasteiger partial charge in [0.1, 0.15) is 29.3 Å². The zero-order valence-electron chi connectivity index (χ0n) is 18.6. The highest BCUT2D eigenvalue weighted by molar-refractivity contribution is 8.01. The van der Waals surface area contributed by atoms with Crippen molar-refractivity contribution in [2.45, 2.75) is 62.2 Å². The average molecular weight is 484 g/mol. The van der Waals surface area contributed by atoms with E-state index in [1.165, 1.54) is 47.9 Å². The predicted octanol–water partition coefficient (Wildman–Crippen LogP) is 1.43. The van der Waals surface area contributed by atoms with Gasteiger partial charge in [-0.25, -0.2) is 14.0 Å². The second kappa shape index (κ2) is 9.56. The minimum atomic E-state index is -1.21. The van der Waals surface area contributed by atoms with E-state index in [-0.39, 0.29) is 6.61 Å². The van der Waals surface area contributed by atoms with Crippen molar-refractivity contribution in [2.24, 2.45) is 5.73 Å². The summed E-state index contributed by atoms with van der Waals surface area (Å²) in [7, 11) is 0. The number of thioether (sulfide) groups is 1. The van der Waals surface area contributed by atoms with Crippen molar-refractivity contribution < 1.29 is 37.8 Å². The Kier molecular flexibility index (Phi) is 7.17. The Morgan fingerprint density at radius 2 is 1.88 bits per heavy atom. The number of amides is 2. The third kappa shape index (κ3) is 5.06. The number of hydrogen-bond donors (Lipinski definition) is 2. The summed E-state index contributed by atoms with van der Waals surface area (Å²) in [5.41, 5.74) is 6.35. The van der Waals surface area contributed by atoms with E-state index in [0.717, 1.165) is 0 Å². The topological polar surface area (TPSA) is 137 Å². The maximum absolute atomic E-state index is 13.1. The molecule has 33 heavy (non-hydrogen) atoms. The Morgan fingerprint density at radius 1 is 1.24 bits per heavy atom. The molecule has 2 amide bonds. The van der Waals surface area contributed by atoms with E-state index in [1.54, 1.807) is 20.8 Å². The van der Waals surface area contributed by atoms with E-state index in [2.05, 4.69) is 10.1 Å². The molecule has 180 valence electrons. The molecule has 0 radical (unpaired) electrons. The van der Waals surface area contributed by atoms with Gasteiger partial charge in [-0.3, -0.25) is 9.59 Å². The molecule has 5 atom stereocenters. The molecule has 2 fully saturated rings. The molecule has 2 aliphatic heterocycles. The first-order chi connectivity index (χ1) is 15.5. The van der Waals surface area contributed by atoms with Gasteiger partial charge in [0.2, 0.25) is 18.1 Å². The van der Waals surface area contributed by atoms with Crippen molar-refractivity contribution in [1.29, 1.82) is 0 Å². The summed E-state index contributed by atoms with van der Waals surface area (Å²) in [6.45, 7) is 6.62. The molecule has 10 nitrogen and oxygen atoms in total. The molecule has 0 spiro atoms. The smallest absolute Gasteiger partial charge is 0.435 e. The minimum absolute atomic E-state index is 0.105. The zero-order chi connectivity index (χ0) is 24.5. The molecule has 1 aromatic carbocycles. The van der Waals surface area contributed by atoms with Crippen LogP contribution in [0.25, 0.3) is 0 Å². The molecule has 0 aromatic heterocycles. The number of carbonyl (C=O) groups is 4. The summed E-state index contributed by atoms with van der Waals surface area (Å²) >= 11 is 1.33. The fourth-order valence-corrected chi connectivity index (χ4v) is 5.35. The van der Waals surface area contributed by atoms with Crippen molar-refractivity contribution in [3.8, 4) is 0 Å². The molecule has 1 aromatic rings. The molecule has 3 N–H and O–H groups in total. The summed E-state index contributed by atoms with van der Waals surface area (Å²) in [6.07, 6.45) is -2.19. The van der Waals surface area contributed by atoms with Gasteiger partial charge in [-0.1, -0.05) is 12.1 Å². The molecule has 2 aliphatic rings. The monoisotopic (exact) mass is 483 g/mol. The first-order valence-electron chi connectivity index (χ1n) is 10.3. The number of nitrogens with two attached hydrogens (primary N) is 1. The average Bonchev–Trinajstić information content (AvgIpc) is 2.99. The van der Waals surface area contributed by atoms with E-state index < -0.39 is 64.3 Å². The predicted molar refractivity (Wildman–Crippen MR) is 115 cm³/mol. The lowest BCUT2D eigenvalue weighted by atomic mass is 9.95. The number of β-lactam (4-membered cyclic amide) rings is 1. The van der Waals surface area contributed by atoms with Gasteiger partial charge in [0.05, 0.1) is 6.61 Å². The molecule has 2 unspecified atom stereocenters. The van der Waals surface area contributed by atoms with E-state index in [1.807, 2.05) is 0 Å². The van der Waals surface area contributed by atoms with Crippen molar-refractivity contribution in [3.63, 3.8) is 0 Å². The Bertz CT molecular complexity index is 942. The maximum atomic E-state index is 13.1. The van der Waals surface area contributed by atoms with Crippen LogP contribution < -0.4 is 11.1 Å². The summed E-state index contributed by atoms with van der Waals surface area (Å²) in [6, 6.07) is 2.26. The van der Waals surface area contributed by atoms with E-state index >= 15 is 0 Å². The number of nitrogens with one attached hydrogen (secondary N) is 1. The highest BCUT2D eigenvalue weighted by atomic mass is 32.2. The van der Waals surface area contributed by atoms with Crippen LogP contribution in [0.15, 0.2) is 24.3 Å². The van der Waals surface area contributed by atoms with Gasteiger partial charge in [-0.15, -0.1) is 11.8 Å². The number of nitrogens with zero attached hydrogens (tertiary/aromatic N) is 1. The van der Waals surface area contributed by atoms with Crippen molar-refractivity contribution in [2.75, 3.05) is 6.61 Å². The van der Waals surface area contributed by atoms with Gasteiger partial charge >= 0.3 is 12.1 Å². The highest BCUT2D eigenvalue weighted by Crippen LogP contribution is 2.51. The molecule has 2 heterocycles. The summed E-state index contributed by atoms with van der Waals surface area (Å²) in [4.78, 5) is 51.0. The van der Waals surface area contributed by atoms with E-state index in [0.29, 0.717) is 5.56 Å². The Balaban J connectivity index is 1.63. The number of esters is 1. The van der Waals surface area contributed by atoms with E-state index in [9.17, 15) is 23.6 Å². The number of carbonyl (C=O) groups excluding carboxylic acids is 4. The van der Waals surface area contributed by atoms with Crippen LogP contribution in [0.2, 0.25) is 0 Å². The number of benzene rings is 1. The van der Waals surface area contributed by atoms with Gasteiger partial charge in [0, 0.05) is 11.7 Å². The summed E-state index contributed by atoms with van der Waals surface area (Å²) in [5, 5.41) is 2.12. The van der Waals surface area contributed by atoms with Crippen LogP contribution in [-0.4, -0.2) is 63.9 Å². The highest BCUT2D eigenvalue weighted by Gasteiger charge is 2.64. The van der Waals surface area contributed by atoms with Gasteiger partial charge in [-0.05, 0) is 38.5 Å². The van der Waals surface area contributed by atoms with Gasteiger partial charge in [-0.2, -0.15) is 0 Å². The third-order valence-corrected chi connectivity index (χ3v) is 6.85. The molecular weight excluding hydrogens is 457 g/mol. The number of halogens is 1. The number of hydrogen-bond acceptors (Lipinski definition) is 9. The Labute approximate surface area is 194 Å². The maximum Gasteiger partial charge on any atom is 0.511 e. The first kappa shape index (κ1) is 24.8. The number of fused-ring (bicyclic) bond motifs is 1. The zero-order valence-corrected chi connectivity index (χ0v) is 19.4. The standard InChI is InChI=1S/C21H26FN3O7S/c1-5-30-20(29)32-10(2)31-19(28)15-21(3,4)33-18-14(17(27)25(15)18)24-16(26)13(23)11-6-8-12(22)9-7-11/h6-10,13-15,18H,5,23H2,1-4H3,(H,24,26)/t10?,13?,14-,15+,18-/m1/s1. The molecule has 2 saturated heterocycles. The van der Waals surface area contributed by atoms with Crippen LogP contribution in [0.3, 0.4) is 0 Å². The van der Waals surface area contributed by atoms with Gasteiger partial charge < -0.3 is 30.2 Å². The number of ether oxygens (including phenoxy) is 3. The van der Waals surface area contributed by atoms with Crippen LogP contribution >= 0.6 is 11.8 Å². The largest absolute Gasteiger partial charge is 0.511 e. The fraction of sp³-hybridized carbons (Fsp3) is 0.524. The molecule has 3 rings (SSSR count). The molecular formula is C21H26FN3O7S. The molecule has 0 bridgehead atoms. The van der Waals surface area contributed by atoms with Crippen molar-refractivity contribution in [1.82, 2.24) is 10.2 Å². The van der Waals surface area contributed by atoms with Crippen LogP contribution in [0.5, 0.6) is 0 Å².